The maximum atomic E-state index is 13.2. The van der Waals surface area contributed by atoms with Gasteiger partial charge in [-0.3, -0.25) is 0 Å². The van der Waals surface area contributed by atoms with Crippen molar-refractivity contribution in [3.8, 4) is 0 Å². The van der Waals surface area contributed by atoms with E-state index in [0.717, 1.165) is 0 Å². The molecule has 0 atom stereocenters. The van der Waals surface area contributed by atoms with Crippen LogP contribution in [0.1, 0.15) is 0 Å². The molecule has 0 aliphatic rings. The van der Waals surface area contributed by atoms with Gasteiger partial charge in [0.25, 0.3) is 0 Å². The van der Waals surface area contributed by atoms with E-state index in [9.17, 15) is 4.39 Å². The van der Waals surface area contributed by atoms with Crippen LogP contribution in [0.25, 0.3) is 11.0 Å². The quantitative estimate of drug-likeness (QED) is 0.586. The van der Waals surface area contributed by atoms with Gasteiger partial charge in [0.2, 0.25) is 0 Å². The van der Waals surface area contributed by atoms with Gasteiger partial charge >= 0.3 is 0 Å². The summed E-state index contributed by atoms with van der Waals surface area (Å²) in [5.74, 6) is 0.0436. The van der Waals surface area contributed by atoms with Crippen LogP contribution in [0.15, 0.2) is 35.9 Å². The molecule has 0 radical (unpaired) electrons. The Kier molecular flexibility index (Phi) is 3.85. The minimum absolute atomic E-state index is 0.0396. The van der Waals surface area contributed by atoms with Crippen molar-refractivity contribution >= 4 is 45.9 Å². The van der Waals surface area contributed by atoms with Gasteiger partial charge in [-0.25, -0.2) is 24.3 Å². The van der Waals surface area contributed by atoms with E-state index in [1.807, 2.05) is 6.26 Å². The number of rotatable bonds is 3. The van der Waals surface area contributed by atoms with E-state index in [0.29, 0.717) is 27.7 Å². The van der Waals surface area contributed by atoms with Crippen LogP contribution in [0.2, 0.25) is 5.02 Å². The SMILES string of the molecule is CSc1ncc2ncnc(Nc3ccc(F)c(Cl)c3)c2n1. The Bertz CT molecular complexity index is 814. The minimum Gasteiger partial charge on any atom is -0.338 e. The molecular formula is C13H9ClFN5S. The van der Waals surface area contributed by atoms with Crippen LogP contribution in [-0.4, -0.2) is 26.2 Å². The van der Waals surface area contributed by atoms with E-state index >= 15 is 0 Å². The Balaban J connectivity index is 2.05. The fraction of sp³-hybridized carbons (Fsp3) is 0.0769. The molecule has 0 fully saturated rings. The molecule has 1 aromatic carbocycles. The number of nitrogens with zero attached hydrogens (tertiary/aromatic N) is 4. The second kappa shape index (κ2) is 5.79. The molecule has 8 heteroatoms. The number of benzene rings is 1. The number of halogens is 2. The molecular weight excluding hydrogens is 313 g/mol. The van der Waals surface area contributed by atoms with E-state index in [1.54, 1.807) is 12.3 Å². The standard InChI is InChI=1S/C13H9ClFN5S/c1-21-13-16-5-10-11(20-13)12(18-6-17-10)19-7-2-3-9(15)8(14)4-7/h2-6H,1H3,(H,17,18,19). The van der Waals surface area contributed by atoms with Crippen molar-refractivity contribution in [3.05, 3.63) is 41.6 Å². The molecule has 21 heavy (non-hydrogen) atoms. The highest BCUT2D eigenvalue weighted by Crippen LogP contribution is 2.25. The van der Waals surface area contributed by atoms with Gasteiger partial charge in [0.15, 0.2) is 11.0 Å². The monoisotopic (exact) mass is 321 g/mol. The zero-order valence-electron chi connectivity index (χ0n) is 10.8. The fourth-order valence-electron chi connectivity index (χ4n) is 1.74. The van der Waals surface area contributed by atoms with Crippen molar-refractivity contribution in [2.45, 2.75) is 5.16 Å². The summed E-state index contributed by atoms with van der Waals surface area (Å²) in [6, 6.07) is 4.35. The lowest BCUT2D eigenvalue weighted by atomic mass is 10.3. The second-order valence-electron chi connectivity index (χ2n) is 4.07. The minimum atomic E-state index is -0.471. The summed E-state index contributed by atoms with van der Waals surface area (Å²) in [4.78, 5) is 16.8. The number of thioether (sulfide) groups is 1. The maximum Gasteiger partial charge on any atom is 0.188 e. The van der Waals surface area contributed by atoms with Crippen molar-refractivity contribution < 1.29 is 4.39 Å². The molecule has 0 aliphatic heterocycles. The highest BCUT2D eigenvalue weighted by molar-refractivity contribution is 7.98. The summed E-state index contributed by atoms with van der Waals surface area (Å²) in [6.45, 7) is 0. The predicted molar refractivity (Wildman–Crippen MR) is 81.6 cm³/mol. The van der Waals surface area contributed by atoms with Crippen molar-refractivity contribution in [2.24, 2.45) is 0 Å². The van der Waals surface area contributed by atoms with Gasteiger partial charge in [0, 0.05) is 5.69 Å². The molecule has 5 nitrogen and oxygen atoms in total. The van der Waals surface area contributed by atoms with Gasteiger partial charge in [0.1, 0.15) is 23.2 Å². The van der Waals surface area contributed by atoms with Crippen molar-refractivity contribution in [1.82, 2.24) is 19.9 Å². The van der Waals surface area contributed by atoms with Gasteiger partial charge in [-0.05, 0) is 24.5 Å². The number of aromatic nitrogens is 4. The first-order chi connectivity index (χ1) is 10.2. The largest absolute Gasteiger partial charge is 0.338 e. The van der Waals surface area contributed by atoms with Crippen molar-refractivity contribution in [1.29, 1.82) is 0 Å². The molecule has 0 aliphatic carbocycles. The molecule has 3 aromatic rings. The topological polar surface area (TPSA) is 63.6 Å². The van der Waals surface area contributed by atoms with E-state index in [1.165, 1.54) is 30.2 Å². The molecule has 3 rings (SSSR count). The number of anilines is 2. The summed E-state index contributed by atoms with van der Waals surface area (Å²) in [5.41, 5.74) is 1.83. The molecule has 0 unspecified atom stereocenters. The average molecular weight is 322 g/mol. The Morgan fingerprint density at radius 3 is 2.86 bits per heavy atom. The summed E-state index contributed by atoms with van der Waals surface area (Å²) in [6.07, 6.45) is 4.94. The van der Waals surface area contributed by atoms with E-state index in [2.05, 4.69) is 25.3 Å². The first-order valence-electron chi connectivity index (χ1n) is 5.91. The molecule has 0 saturated carbocycles. The summed E-state index contributed by atoms with van der Waals surface area (Å²) >= 11 is 7.20. The Labute approximate surface area is 129 Å². The van der Waals surface area contributed by atoms with Gasteiger partial charge in [-0.15, -0.1) is 0 Å². The van der Waals surface area contributed by atoms with Gasteiger partial charge < -0.3 is 5.32 Å². The molecule has 0 amide bonds. The molecule has 106 valence electrons. The molecule has 2 heterocycles. The molecule has 0 bridgehead atoms. The predicted octanol–water partition coefficient (Wildman–Crippen LogP) is 3.68. The fourth-order valence-corrected chi connectivity index (χ4v) is 2.26. The van der Waals surface area contributed by atoms with E-state index in [4.69, 9.17) is 11.6 Å². The van der Waals surface area contributed by atoms with Crippen LogP contribution < -0.4 is 5.32 Å². The summed E-state index contributed by atoms with van der Waals surface area (Å²) in [5, 5.41) is 3.73. The van der Waals surface area contributed by atoms with Gasteiger partial charge in [-0.2, -0.15) is 0 Å². The Morgan fingerprint density at radius 2 is 2.10 bits per heavy atom. The third-order valence-electron chi connectivity index (χ3n) is 2.72. The van der Waals surface area contributed by atoms with Crippen LogP contribution >= 0.6 is 23.4 Å². The van der Waals surface area contributed by atoms with Crippen molar-refractivity contribution in [3.63, 3.8) is 0 Å². The number of hydrogen-bond donors (Lipinski definition) is 1. The zero-order chi connectivity index (χ0) is 14.8. The van der Waals surface area contributed by atoms with Crippen LogP contribution in [0.4, 0.5) is 15.9 Å². The smallest absolute Gasteiger partial charge is 0.188 e. The lowest BCUT2D eigenvalue weighted by Gasteiger charge is -2.08. The van der Waals surface area contributed by atoms with E-state index in [-0.39, 0.29) is 5.02 Å². The lowest BCUT2D eigenvalue weighted by Crippen LogP contribution is -1.99. The van der Waals surface area contributed by atoms with E-state index < -0.39 is 5.82 Å². The molecule has 1 N–H and O–H groups in total. The first kappa shape index (κ1) is 14.0. The van der Waals surface area contributed by atoms with Crippen molar-refractivity contribution in [2.75, 3.05) is 11.6 Å². The normalized spacial score (nSPS) is 10.8. The van der Waals surface area contributed by atoms with Gasteiger partial charge in [0.05, 0.1) is 11.2 Å². The van der Waals surface area contributed by atoms with Gasteiger partial charge in [-0.1, -0.05) is 23.4 Å². The molecule has 0 saturated heterocycles. The van der Waals surface area contributed by atoms with Crippen LogP contribution in [0, 0.1) is 5.82 Å². The van der Waals surface area contributed by atoms with Crippen LogP contribution in [0.5, 0.6) is 0 Å². The maximum absolute atomic E-state index is 13.2. The Morgan fingerprint density at radius 1 is 1.24 bits per heavy atom. The van der Waals surface area contributed by atoms with Crippen LogP contribution in [-0.2, 0) is 0 Å². The number of hydrogen-bond acceptors (Lipinski definition) is 6. The first-order valence-corrected chi connectivity index (χ1v) is 7.51. The summed E-state index contributed by atoms with van der Waals surface area (Å²) < 4.78 is 13.2. The zero-order valence-corrected chi connectivity index (χ0v) is 12.4. The molecule has 2 aromatic heterocycles. The Hall–Kier alpha value is -1.99. The molecule has 0 spiro atoms. The third kappa shape index (κ3) is 2.88. The lowest BCUT2D eigenvalue weighted by molar-refractivity contribution is 0.628. The average Bonchev–Trinajstić information content (AvgIpc) is 2.51. The number of fused-ring (bicyclic) bond motifs is 1. The number of nitrogens with one attached hydrogen (secondary N) is 1. The van der Waals surface area contributed by atoms with Crippen LogP contribution in [0.3, 0.4) is 0 Å². The highest BCUT2D eigenvalue weighted by Gasteiger charge is 2.09. The second-order valence-corrected chi connectivity index (χ2v) is 5.25. The third-order valence-corrected chi connectivity index (χ3v) is 3.57. The summed E-state index contributed by atoms with van der Waals surface area (Å²) in [7, 11) is 0. The highest BCUT2D eigenvalue weighted by atomic mass is 35.5.